The molecule has 1 heterocycles. The standard InChI is InChI=1S/C13H11FO3/c14-10-5-3-9(4-6-10)11(8-13(15)16)12-2-1-7-17-12/h1-7,11H,8H2,(H,15,16)/t11-/m1/s1. The summed E-state index contributed by atoms with van der Waals surface area (Å²) in [5, 5.41) is 8.88. The Kier molecular flexibility index (Phi) is 3.23. The van der Waals surface area contributed by atoms with Gasteiger partial charge in [-0.3, -0.25) is 4.79 Å². The van der Waals surface area contributed by atoms with E-state index in [1.807, 2.05) is 0 Å². The first kappa shape index (κ1) is 11.4. The molecule has 0 aliphatic carbocycles. The smallest absolute Gasteiger partial charge is 0.304 e. The van der Waals surface area contributed by atoms with Crippen molar-refractivity contribution in [3.05, 3.63) is 59.8 Å². The van der Waals surface area contributed by atoms with Crippen molar-refractivity contribution in [3.63, 3.8) is 0 Å². The van der Waals surface area contributed by atoms with Crippen molar-refractivity contribution in [2.45, 2.75) is 12.3 Å². The molecule has 17 heavy (non-hydrogen) atoms. The highest BCUT2D eigenvalue weighted by atomic mass is 19.1. The van der Waals surface area contributed by atoms with Crippen LogP contribution in [-0.2, 0) is 4.79 Å². The van der Waals surface area contributed by atoms with E-state index in [1.54, 1.807) is 24.3 Å². The highest BCUT2D eigenvalue weighted by molar-refractivity contribution is 5.68. The van der Waals surface area contributed by atoms with Gasteiger partial charge in [0.15, 0.2) is 0 Å². The Labute approximate surface area is 97.5 Å². The van der Waals surface area contributed by atoms with Gasteiger partial charge in [0.2, 0.25) is 0 Å². The minimum atomic E-state index is -0.921. The zero-order chi connectivity index (χ0) is 12.3. The van der Waals surface area contributed by atoms with E-state index in [4.69, 9.17) is 9.52 Å². The van der Waals surface area contributed by atoms with E-state index in [2.05, 4.69) is 0 Å². The fourth-order valence-corrected chi connectivity index (χ4v) is 1.74. The van der Waals surface area contributed by atoms with E-state index in [0.29, 0.717) is 5.76 Å². The number of carboxylic acids is 1. The van der Waals surface area contributed by atoms with Crippen molar-refractivity contribution in [3.8, 4) is 0 Å². The summed E-state index contributed by atoms with van der Waals surface area (Å²) < 4.78 is 18.0. The van der Waals surface area contributed by atoms with Gasteiger partial charge in [-0.05, 0) is 29.8 Å². The Morgan fingerprint density at radius 3 is 2.53 bits per heavy atom. The summed E-state index contributed by atoms with van der Waals surface area (Å²) in [6, 6.07) is 9.20. The second-order valence-electron chi connectivity index (χ2n) is 3.72. The molecule has 88 valence electrons. The number of rotatable bonds is 4. The van der Waals surface area contributed by atoms with Gasteiger partial charge in [0, 0.05) is 0 Å². The van der Waals surface area contributed by atoms with Crippen LogP contribution in [0.4, 0.5) is 4.39 Å². The lowest BCUT2D eigenvalue weighted by Crippen LogP contribution is -2.07. The summed E-state index contributed by atoms with van der Waals surface area (Å²) in [6.07, 6.45) is 1.41. The summed E-state index contributed by atoms with van der Waals surface area (Å²) in [7, 11) is 0. The van der Waals surface area contributed by atoms with Gasteiger partial charge in [0.1, 0.15) is 11.6 Å². The van der Waals surface area contributed by atoms with Gasteiger partial charge < -0.3 is 9.52 Å². The summed E-state index contributed by atoms with van der Waals surface area (Å²) in [6.45, 7) is 0. The van der Waals surface area contributed by atoms with E-state index < -0.39 is 5.97 Å². The van der Waals surface area contributed by atoms with Crippen LogP contribution in [0.25, 0.3) is 0 Å². The SMILES string of the molecule is O=C(O)C[C@H](c1ccc(F)cc1)c1ccco1. The van der Waals surface area contributed by atoms with Gasteiger partial charge in [0.05, 0.1) is 18.6 Å². The molecule has 1 atom stereocenters. The Balaban J connectivity index is 2.33. The van der Waals surface area contributed by atoms with Gasteiger partial charge in [-0.25, -0.2) is 4.39 Å². The molecule has 0 spiro atoms. The molecule has 0 bridgehead atoms. The highest BCUT2D eigenvalue weighted by Crippen LogP contribution is 2.28. The number of aliphatic carboxylic acids is 1. The first-order valence-corrected chi connectivity index (χ1v) is 5.17. The molecular weight excluding hydrogens is 223 g/mol. The molecule has 3 nitrogen and oxygen atoms in total. The predicted octanol–water partition coefficient (Wildman–Crippen LogP) is 3.03. The van der Waals surface area contributed by atoms with Crippen molar-refractivity contribution in [1.82, 2.24) is 0 Å². The normalized spacial score (nSPS) is 12.3. The maximum Gasteiger partial charge on any atom is 0.304 e. The number of halogens is 1. The average molecular weight is 234 g/mol. The van der Waals surface area contributed by atoms with Crippen LogP contribution < -0.4 is 0 Å². The molecule has 0 aliphatic heterocycles. The largest absolute Gasteiger partial charge is 0.481 e. The second kappa shape index (κ2) is 4.82. The molecule has 2 rings (SSSR count). The van der Waals surface area contributed by atoms with Crippen LogP contribution in [-0.4, -0.2) is 11.1 Å². The molecule has 1 aromatic heterocycles. The van der Waals surface area contributed by atoms with Crippen LogP contribution in [0.3, 0.4) is 0 Å². The van der Waals surface area contributed by atoms with Crippen LogP contribution in [0.2, 0.25) is 0 Å². The van der Waals surface area contributed by atoms with Crippen molar-refractivity contribution in [1.29, 1.82) is 0 Å². The maximum atomic E-state index is 12.8. The fourth-order valence-electron chi connectivity index (χ4n) is 1.74. The average Bonchev–Trinajstić information content (AvgIpc) is 2.80. The minimum absolute atomic E-state index is 0.0842. The summed E-state index contributed by atoms with van der Waals surface area (Å²) in [5.41, 5.74) is 0.726. The van der Waals surface area contributed by atoms with Crippen LogP contribution >= 0.6 is 0 Å². The zero-order valence-electron chi connectivity index (χ0n) is 8.97. The molecule has 0 amide bonds. The Morgan fingerprint density at radius 1 is 1.29 bits per heavy atom. The number of carboxylic acid groups (broad SMARTS) is 1. The molecule has 0 saturated carbocycles. The van der Waals surface area contributed by atoms with Crippen molar-refractivity contribution in [2.75, 3.05) is 0 Å². The molecular formula is C13H11FO3. The third-order valence-corrected chi connectivity index (χ3v) is 2.54. The molecule has 0 radical (unpaired) electrons. The van der Waals surface area contributed by atoms with E-state index in [9.17, 15) is 9.18 Å². The van der Waals surface area contributed by atoms with Gasteiger partial charge in [-0.2, -0.15) is 0 Å². The number of furan rings is 1. The van der Waals surface area contributed by atoms with Crippen molar-refractivity contribution in [2.24, 2.45) is 0 Å². The zero-order valence-corrected chi connectivity index (χ0v) is 8.97. The number of hydrogen-bond donors (Lipinski definition) is 1. The molecule has 2 aromatic rings. The summed E-state index contributed by atoms with van der Waals surface area (Å²) in [5.74, 6) is -1.08. The number of hydrogen-bond acceptors (Lipinski definition) is 2. The van der Waals surface area contributed by atoms with Gasteiger partial charge in [-0.1, -0.05) is 12.1 Å². The minimum Gasteiger partial charge on any atom is -0.481 e. The second-order valence-corrected chi connectivity index (χ2v) is 3.72. The van der Waals surface area contributed by atoms with Gasteiger partial charge in [0.25, 0.3) is 0 Å². The number of benzene rings is 1. The molecule has 0 saturated heterocycles. The van der Waals surface area contributed by atoms with Crippen LogP contribution in [0.1, 0.15) is 23.7 Å². The summed E-state index contributed by atoms with van der Waals surface area (Å²) in [4.78, 5) is 10.8. The maximum absolute atomic E-state index is 12.8. The molecule has 0 fully saturated rings. The molecule has 1 aromatic carbocycles. The van der Waals surface area contributed by atoms with E-state index >= 15 is 0 Å². The van der Waals surface area contributed by atoms with E-state index in [1.165, 1.54) is 18.4 Å². The lowest BCUT2D eigenvalue weighted by Gasteiger charge is -2.12. The molecule has 4 heteroatoms. The first-order valence-electron chi connectivity index (χ1n) is 5.17. The third kappa shape index (κ3) is 2.72. The van der Waals surface area contributed by atoms with E-state index in [0.717, 1.165) is 5.56 Å². The first-order chi connectivity index (χ1) is 8.16. The third-order valence-electron chi connectivity index (χ3n) is 2.54. The van der Waals surface area contributed by atoms with Crippen molar-refractivity contribution < 1.29 is 18.7 Å². The van der Waals surface area contributed by atoms with Crippen molar-refractivity contribution >= 4 is 5.97 Å². The van der Waals surface area contributed by atoms with Gasteiger partial charge >= 0.3 is 5.97 Å². The highest BCUT2D eigenvalue weighted by Gasteiger charge is 2.20. The van der Waals surface area contributed by atoms with E-state index in [-0.39, 0.29) is 18.2 Å². The monoisotopic (exact) mass is 234 g/mol. The van der Waals surface area contributed by atoms with Gasteiger partial charge in [-0.15, -0.1) is 0 Å². The Bertz CT molecular complexity index is 488. The molecule has 0 unspecified atom stereocenters. The predicted molar refractivity (Wildman–Crippen MR) is 59.2 cm³/mol. The Hall–Kier alpha value is -2.10. The lowest BCUT2D eigenvalue weighted by molar-refractivity contribution is -0.137. The molecule has 0 aliphatic rings. The summed E-state index contributed by atoms with van der Waals surface area (Å²) >= 11 is 0. The molecule has 1 N–H and O–H groups in total. The lowest BCUT2D eigenvalue weighted by atomic mass is 9.93. The van der Waals surface area contributed by atoms with Crippen LogP contribution in [0.5, 0.6) is 0 Å². The topological polar surface area (TPSA) is 50.4 Å². The van der Waals surface area contributed by atoms with Crippen LogP contribution in [0.15, 0.2) is 47.1 Å². The Morgan fingerprint density at radius 2 is 2.00 bits per heavy atom. The number of carbonyl (C=O) groups is 1. The van der Waals surface area contributed by atoms with Crippen LogP contribution in [0, 0.1) is 5.82 Å². The fraction of sp³-hybridized carbons (Fsp3) is 0.154. The quantitative estimate of drug-likeness (QED) is 0.884.